The lowest BCUT2D eigenvalue weighted by Gasteiger charge is -1.52. The van der Waals surface area contributed by atoms with Crippen LogP contribution in [0.5, 0.6) is 0 Å². The highest BCUT2D eigenvalue weighted by molar-refractivity contribution is 3.84. The lowest BCUT2D eigenvalue weighted by Crippen LogP contribution is -1.57. The number of halogens is 2. The molecule has 0 aliphatic heterocycles. The summed E-state index contributed by atoms with van der Waals surface area (Å²) in [5.41, 5.74) is 0. The summed E-state index contributed by atoms with van der Waals surface area (Å²) in [6.45, 7) is 0.181. The van der Waals surface area contributed by atoms with Crippen molar-refractivity contribution in [1.82, 2.24) is 0 Å². The number of hydrogen-bond donors (Lipinski definition) is 1. The van der Waals surface area contributed by atoms with E-state index in [2.05, 4.69) is 0 Å². The number of hydrogen-bond acceptors (Lipinski definition) is 1. The number of rotatable bonds is 0. The average molecular weight is 98.1 g/mol. The molecule has 0 atom stereocenters. The summed E-state index contributed by atoms with van der Waals surface area (Å²) in [7, 11) is 0. The fourth-order valence-corrected chi connectivity index (χ4v) is 0. The van der Waals surface area contributed by atoms with Crippen molar-refractivity contribution in [2.24, 2.45) is 0 Å². The molecule has 0 aromatic carbocycles. The maximum absolute atomic E-state index is 9.62. The lowest BCUT2D eigenvalue weighted by molar-refractivity contribution is 0.295. The zero-order chi connectivity index (χ0) is 5.41. The molecule has 0 heterocycles. The van der Waals surface area contributed by atoms with Gasteiger partial charge in [0.2, 0.25) is 6.93 Å². The zero-order valence-corrected chi connectivity index (χ0v) is 3.62. The lowest BCUT2D eigenvalue weighted by atomic mass is 10.9. The molecule has 1 N–H and O–H groups in total. The first kappa shape index (κ1) is 9.27. The monoisotopic (exact) mass is 98.1 g/mol. The third-order valence-electron chi connectivity index (χ3n) is 0. The molecule has 0 amide bonds. The minimum Gasteiger partial charge on any atom is -0.397 e. The summed E-state index contributed by atoms with van der Waals surface area (Å²) in [6, 6.07) is 0. The molecule has 0 spiro atoms. The summed E-state index contributed by atoms with van der Waals surface area (Å²) >= 11 is 0. The molecular formula is C3H8F2O. The van der Waals surface area contributed by atoms with E-state index in [1.54, 1.807) is 6.92 Å². The summed E-state index contributed by atoms with van der Waals surface area (Å²) in [6.07, 6.45) is 0. The molecule has 0 aliphatic rings. The van der Waals surface area contributed by atoms with Crippen LogP contribution in [0.1, 0.15) is 6.92 Å². The molecule has 0 unspecified atom stereocenters. The Morgan fingerprint density at radius 1 is 1.50 bits per heavy atom. The molecular weight excluding hydrogens is 90.0 g/mol. The third kappa shape index (κ3) is 938. The van der Waals surface area contributed by atoms with Crippen LogP contribution in [0.2, 0.25) is 0 Å². The fourth-order valence-electron chi connectivity index (χ4n) is 0. The van der Waals surface area contributed by atoms with E-state index in [1.807, 2.05) is 0 Å². The minimum atomic E-state index is -1.75. The van der Waals surface area contributed by atoms with Gasteiger partial charge in [-0.25, -0.2) is 8.78 Å². The Hall–Kier alpha value is -0.180. The molecule has 6 heavy (non-hydrogen) atoms. The Morgan fingerprint density at radius 3 is 1.50 bits per heavy atom. The van der Waals surface area contributed by atoms with E-state index < -0.39 is 6.93 Å². The van der Waals surface area contributed by atoms with Gasteiger partial charge in [0.15, 0.2) is 0 Å². The Labute approximate surface area is 35.6 Å². The molecule has 40 valence electrons. The molecule has 0 saturated heterocycles. The van der Waals surface area contributed by atoms with E-state index >= 15 is 0 Å². The second-order valence-electron chi connectivity index (χ2n) is 0.417. The van der Waals surface area contributed by atoms with Crippen molar-refractivity contribution in [3.63, 3.8) is 0 Å². The smallest absolute Gasteiger partial charge is 0.229 e. The van der Waals surface area contributed by atoms with Gasteiger partial charge in [0, 0.05) is 6.61 Å². The topological polar surface area (TPSA) is 20.2 Å². The molecule has 0 aromatic rings. The van der Waals surface area contributed by atoms with Gasteiger partial charge in [0.05, 0.1) is 0 Å². The van der Waals surface area contributed by atoms with Crippen LogP contribution in [0.25, 0.3) is 0 Å². The second-order valence-corrected chi connectivity index (χ2v) is 0.417. The van der Waals surface area contributed by atoms with Gasteiger partial charge in [-0.15, -0.1) is 0 Å². The molecule has 0 radical (unpaired) electrons. The molecule has 0 fully saturated rings. The summed E-state index contributed by atoms with van der Waals surface area (Å²) in [5.74, 6) is 0. The molecule has 0 aromatic heterocycles. The van der Waals surface area contributed by atoms with Gasteiger partial charge in [0.25, 0.3) is 0 Å². The quantitative estimate of drug-likeness (QED) is 0.477. The van der Waals surface area contributed by atoms with Crippen LogP contribution >= 0.6 is 0 Å². The van der Waals surface area contributed by atoms with Gasteiger partial charge < -0.3 is 5.11 Å². The van der Waals surface area contributed by atoms with Crippen LogP contribution in [0.3, 0.4) is 0 Å². The normalized spacial score (nSPS) is 6.00. The SMILES string of the molecule is CCO.FCF. The van der Waals surface area contributed by atoms with Gasteiger partial charge in [-0.2, -0.15) is 0 Å². The second kappa shape index (κ2) is 21.2. The van der Waals surface area contributed by atoms with Crippen LogP contribution in [-0.4, -0.2) is 18.6 Å². The molecule has 0 bridgehead atoms. The van der Waals surface area contributed by atoms with E-state index in [1.165, 1.54) is 0 Å². The first-order valence-corrected chi connectivity index (χ1v) is 1.56. The fraction of sp³-hybridized carbons (Fsp3) is 1.00. The molecule has 0 aliphatic carbocycles. The van der Waals surface area contributed by atoms with Crippen molar-refractivity contribution in [1.29, 1.82) is 0 Å². The van der Waals surface area contributed by atoms with Gasteiger partial charge in [-0.3, -0.25) is 0 Å². The minimum absolute atomic E-state index is 0.250. The molecule has 1 nitrogen and oxygen atoms in total. The van der Waals surface area contributed by atoms with Crippen molar-refractivity contribution in [2.45, 2.75) is 6.92 Å². The van der Waals surface area contributed by atoms with Gasteiger partial charge in [-0.1, -0.05) is 0 Å². The van der Waals surface area contributed by atoms with E-state index in [0.29, 0.717) is 0 Å². The predicted molar refractivity (Wildman–Crippen MR) is 19.8 cm³/mol. The van der Waals surface area contributed by atoms with Crippen LogP contribution < -0.4 is 0 Å². The van der Waals surface area contributed by atoms with Crippen LogP contribution in [-0.2, 0) is 0 Å². The first-order valence-electron chi connectivity index (χ1n) is 1.56. The van der Waals surface area contributed by atoms with Crippen LogP contribution in [0, 0.1) is 0 Å². The summed E-state index contributed by atoms with van der Waals surface area (Å²) in [4.78, 5) is 0. The van der Waals surface area contributed by atoms with Crippen LogP contribution in [0.4, 0.5) is 8.78 Å². The predicted octanol–water partition coefficient (Wildman–Crippen LogP) is 0.881. The van der Waals surface area contributed by atoms with Gasteiger partial charge >= 0.3 is 0 Å². The van der Waals surface area contributed by atoms with E-state index in [9.17, 15) is 8.78 Å². The van der Waals surface area contributed by atoms with Crippen molar-refractivity contribution in [2.75, 3.05) is 13.5 Å². The van der Waals surface area contributed by atoms with Crippen molar-refractivity contribution < 1.29 is 13.9 Å². The Kier molecular flexibility index (Phi) is 32.8. The van der Waals surface area contributed by atoms with Gasteiger partial charge in [-0.05, 0) is 6.92 Å². The maximum Gasteiger partial charge on any atom is 0.229 e. The Bertz CT molecular complexity index is 10.8. The van der Waals surface area contributed by atoms with Crippen molar-refractivity contribution in [3.8, 4) is 0 Å². The standard InChI is InChI=1S/C2H6O.CH2F2/c1-2-3;2-1-3/h3H,2H2,1H3;1H2. The van der Waals surface area contributed by atoms with Crippen molar-refractivity contribution >= 4 is 0 Å². The highest BCUT2D eigenvalue weighted by Crippen LogP contribution is 1.56. The number of alkyl halides is 2. The highest BCUT2D eigenvalue weighted by Gasteiger charge is 1.44. The van der Waals surface area contributed by atoms with E-state index in [4.69, 9.17) is 5.11 Å². The molecule has 3 heteroatoms. The summed E-state index contributed by atoms with van der Waals surface area (Å²) in [5, 5.41) is 7.57. The van der Waals surface area contributed by atoms with Crippen molar-refractivity contribution in [3.05, 3.63) is 0 Å². The van der Waals surface area contributed by atoms with E-state index in [0.717, 1.165) is 0 Å². The Balaban J connectivity index is 0. The third-order valence-corrected chi connectivity index (χ3v) is 0. The summed E-state index contributed by atoms with van der Waals surface area (Å²) < 4.78 is 19.2. The molecule has 0 saturated carbocycles. The highest BCUT2D eigenvalue weighted by atomic mass is 19.3. The Morgan fingerprint density at radius 2 is 1.50 bits per heavy atom. The zero-order valence-electron chi connectivity index (χ0n) is 3.62. The first-order chi connectivity index (χ1) is 2.83. The average Bonchev–Trinajstić information content (AvgIpc) is 1.39. The number of aliphatic hydroxyl groups excluding tert-OH is 1. The largest absolute Gasteiger partial charge is 0.397 e. The van der Waals surface area contributed by atoms with Gasteiger partial charge in [0.1, 0.15) is 0 Å². The maximum atomic E-state index is 9.62. The number of aliphatic hydroxyl groups is 1. The molecule has 0 rings (SSSR count). The van der Waals surface area contributed by atoms with E-state index in [-0.39, 0.29) is 6.61 Å². The van der Waals surface area contributed by atoms with Crippen LogP contribution in [0.15, 0.2) is 0 Å².